The summed E-state index contributed by atoms with van der Waals surface area (Å²) in [4.78, 5) is 0. The third-order valence-corrected chi connectivity index (χ3v) is 4.62. The van der Waals surface area contributed by atoms with Crippen LogP contribution in [0.2, 0.25) is 0 Å². The Hall–Kier alpha value is -2.10. The SMILES string of the molecule is Cc1ccc(C[NH2+]Cc2cc(Br)ccc2OCc2ccccc2)cc1. The molecule has 3 aromatic rings. The van der Waals surface area contributed by atoms with Crippen molar-refractivity contribution in [2.75, 3.05) is 0 Å². The topological polar surface area (TPSA) is 25.8 Å². The standard InChI is InChI=1S/C22H22BrNO/c1-17-7-9-18(10-8-17)14-24-15-20-13-21(23)11-12-22(20)25-16-19-5-3-2-4-6-19/h2-13,24H,14-16H2,1H3/p+1. The molecule has 0 bridgehead atoms. The first-order chi connectivity index (χ1) is 12.2. The maximum atomic E-state index is 6.06. The average Bonchev–Trinajstić information content (AvgIpc) is 2.63. The Morgan fingerprint density at radius 1 is 0.840 bits per heavy atom. The summed E-state index contributed by atoms with van der Waals surface area (Å²) in [7, 11) is 0. The molecule has 0 aliphatic rings. The molecule has 0 saturated carbocycles. The van der Waals surface area contributed by atoms with E-state index in [1.807, 2.05) is 30.3 Å². The second kappa shape index (κ2) is 8.84. The summed E-state index contributed by atoms with van der Waals surface area (Å²) in [6.07, 6.45) is 0. The number of hydrogen-bond donors (Lipinski definition) is 1. The van der Waals surface area contributed by atoms with E-state index in [0.717, 1.165) is 23.3 Å². The van der Waals surface area contributed by atoms with Crippen molar-refractivity contribution in [3.63, 3.8) is 0 Å². The van der Waals surface area contributed by atoms with Crippen molar-refractivity contribution >= 4 is 15.9 Å². The van der Waals surface area contributed by atoms with Gasteiger partial charge in [-0.3, -0.25) is 0 Å². The van der Waals surface area contributed by atoms with Crippen molar-refractivity contribution in [3.05, 3.63) is 99.5 Å². The Morgan fingerprint density at radius 2 is 1.60 bits per heavy atom. The lowest BCUT2D eigenvalue weighted by Gasteiger charge is -2.12. The lowest BCUT2D eigenvalue weighted by molar-refractivity contribution is -0.686. The molecular weight excluding hydrogens is 374 g/mol. The molecule has 0 atom stereocenters. The van der Waals surface area contributed by atoms with Crippen LogP contribution in [0.15, 0.2) is 77.3 Å². The van der Waals surface area contributed by atoms with Gasteiger partial charge in [0.05, 0.1) is 0 Å². The second-order valence-corrected chi connectivity index (χ2v) is 7.12. The summed E-state index contributed by atoms with van der Waals surface area (Å²) >= 11 is 3.57. The molecule has 25 heavy (non-hydrogen) atoms. The highest BCUT2D eigenvalue weighted by Gasteiger charge is 2.07. The summed E-state index contributed by atoms with van der Waals surface area (Å²) in [5, 5.41) is 2.31. The Labute approximate surface area is 158 Å². The monoisotopic (exact) mass is 396 g/mol. The minimum absolute atomic E-state index is 0.591. The predicted molar refractivity (Wildman–Crippen MR) is 105 cm³/mol. The van der Waals surface area contributed by atoms with E-state index in [1.165, 1.54) is 22.3 Å². The van der Waals surface area contributed by atoms with E-state index in [4.69, 9.17) is 4.74 Å². The minimum atomic E-state index is 0.591. The number of aryl methyl sites for hydroxylation is 1. The van der Waals surface area contributed by atoms with Gasteiger partial charge in [-0.05, 0) is 30.7 Å². The minimum Gasteiger partial charge on any atom is -0.488 e. The van der Waals surface area contributed by atoms with Crippen molar-refractivity contribution in [1.29, 1.82) is 0 Å². The van der Waals surface area contributed by atoms with Crippen molar-refractivity contribution in [3.8, 4) is 5.75 Å². The van der Waals surface area contributed by atoms with Crippen LogP contribution in [0.3, 0.4) is 0 Å². The molecule has 0 fully saturated rings. The van der Waals surface area contributed by atoms with Gasteiger partial charge >= 0.3 is 0 Å². The highest BCUT2D eigenvalue weighted by molar-refractivity contribution is 9.10. The normalized spacial score (nSPS) is 10.6. The van der Waals surface area contributed by atoms with E-state index >= 15 is 0 Å². The van der Waals surface area contributed by atoms with Gasteiger partial charge in [-0.15, -0.1) is 0 Å². The summed E-state index contributed by atoms with van der Waals surface area (Å²) in [5.41, 5.74) is 5.03. The van der Waals surface area contributed by atoms with Gasteiger partial charge < -0.3 is 10.1 Å². The van der Waals surface area contributed by atoms with Crippen molar-refractivity contribution in [1.82, 2.24) is 0 Å². The summed E-state index contributed by atoms with van der Waals surface area (Å²) in [6, 6.07) is 25.2. The van der Waals surface area contributed by atoms with Gasteiger partial charge in [-0.1, -0.05) is 76.1 Å². The maximum Gasteiger partial charge on any atom is 0.128 e. The van der Waals surface area contributed by atoms with Crippen LogP contribution >= 0.6 is 15.9 Å². The largest absolute Gasteiger partial charge is 0.488 e. The summed E-state index contributed by atoms with van der Waals surface area (Å²) in [6.45, 7) is 4.56. The number of benzene rings is 3. The molecule has 2 nitrogen and oxygen atoms in total. The lowest BCUT2D eigenvalue weighted by atomic mass is 10.1. The van der Waals surface area contributed by atoms with Crippen LogP contribution in [0, 0.1) is 6.92 Å². The number of rotatable bonds is 7. The smallest absolute Gasteiger partial charge is 0.128 e. The van der Waals surface area contributed by atoms with Crippen molar-refractivity contribution < 1.29 is 10.1 Å². The van der Waals surface area contributed by atoms with Crippen molar-refractivity contribution in [2.45, 2.75) is 26.6 Å². The van der Waals surface area contributed by atoms with E-state index in [0.29, 0.717) is 6.61 Å². The molecule has 3 aromatic carbocycles. The Bertz CT molecular complexity index is 800. The fourth-order valence-corrected chi connectivity index (χ4v) is 3.11. The van der Waals surface area contributed by atoms with Crippen molar-refractivity contribution in [2.24, 2.45) is 0 Å². The highest BCUT2D eigenvalue weighted by Crippen LogP contribution is 2.23. The van der Waals surface area contributed by atoms with Gasteiger partial charge in [0.15, 0.2) is 0 Å². The van der Waals surface area contributed by atoms with Gasteiger partial charge in [-0.2, -0.15) is 0 Å². The molecule has 0 spiro atoms. The first-order valence-electron chi connectivity index (χ1n) is 8.53. The summed E-state index contributed by atoms with van der Waals surface area (Å²) < 4.78 is 7.14. The zero-order chi connectivity index (χ0) is 17.5. The molecule has 0 unspecified atom stereocenters. The number of nitrogens with two attached hydrogens (primary N) is 1. The average molecular weight is 397 g/mol. The zero-order valence-corrected chi connectivity index (χ0v) is 16.0. The number of quaternary nitrogens is 1. The molecule has 0 amide bonds. The molecule has 0 saturated heterocycles. The van der Waals surface area contributed by atoms with Crippen LogP contribution in [0.4, 0.5) is 0 Å². The van der Waals surface area contributed by atoms with E-state index in [1.54, 1.807) is 0 Å². The Balaban J connectivity index is 1.61. The Kier molecular flexibility index (Phi) is 6.26. The fraction of sp³-hybridized carbons (Fsp3) is 0.182. The first kappa shape index (κ1) is 17.7. The summed E-state index contributed by atoms with van der Waals surface area (Å²) in [5.74, 6) is 0.951. The van der Waals surface area contributed by atoms with Gasteiger partial charge in [0.1, 0.15) is 25.4 Å². The number of ether oxygens (including phenoxy) is 1. The quantitative estimate of drug-likeness (QED) is 0.620. The predicted octanol–water partition coefficient (Wildman–Crippen LogP) is 4.60. The van der Waals surface area contributed by atoms with Crippen LogP contribution in [0.25, 0.3) is 0 Å². The van der Waals surface area contributed by atoms with E-state index in [9.17, 15) is 0 Å². The maximum absolute atomic E-state index is 6.06. The molecule has 128 valence electrons. The van der Waals surface area contributed by atoms with Crippen LogP contribution in [0.5, 0.6) is 5.75 Å². The molecular formula is C22H23BrNO+. The van der Waals surface area contributed by atoms with Crippen LogP contribution in [0.1, 0.15) is 22.3 Å². The fourth-order valence-electron chi connectivity index (χ4n) is 2.70. The molecule has 0 aliphatic heterocycles. The molecule has 2 N–H and O–H groups in total. The van der Waals surface area contributed by atoms with E-state index in [-0.39, 0.29) is 0 Å². The van der Waals surface area contributed by atoms with E-state index in [2.05, 4.69) is 70.6 Å². The van der Waals surface area contributed by atoms with Gasteiger partial charge in [0.2, 0.25) is 0 Å². The van der Waals surface area contributed by atoms with Gasteiger partial charge in [-0.25, -0.2) is 0 Å². The van der Waals surface area contributed by atoms with Crippen LogP contribution in [-0.4, -0.2) is 0 Å². The number of halogens is 1. The molecule has 0 heterocycles. The first-order valence-corrected chi connectivity index (χ1v) is 9.32. The second-order valence-electron chi connectivity index (χ2n) is 6.21. The lowest BCUT2D eigenvalue weighted by Crippen LogP contribution is -2.80. The molecule has 0 radical (unpaired) electrons. The molecule has 3 rings (SSSR count). The van der Waals surface area contributed by atoms with Gasteiger partial charge in [0.25, 0.3) is 0 Å². The zero-order valence-electron chi connectivity index (χ0n) is 14.4. The van der Waals surface area contributed by atoms with Crippen LogP contribution < -0.4 is 10.1 Å². The Morgan fingerprint density at radius 3 is 2.36 bits per heavy atom. The molecule has 3 heteroatoms. The third-order valence-electron chi connectivity index (χ3n) is 4.12. The number of hydrogen-bond acceptors (Lipinski definition) is 1. The van der Waals surface area contributed by atoms with E-state index < -0.39 is 0 Å². The highest BCUT2D eigenvalue weighted by atomic mass is 79.9. The third kappa shape index (κ3) is 5.45. The van der Waals surface area contributed by atoms with Gasteiger partial charge in [0, 0.05) is 15.6 Å². The molecule has 0 aromatic heterocycles. The molecule has 0 aliphatic carbocycles. The van der Waals surface area contributed by atoms with Crippen LogP contribution in [-0.2, 0) is 19.7 Å².